The first-order valence-electron chi connectivity index (χ1n) is 8.25. The molecule has 1 aromatic carbocycles. The topological polar surface area (TPSA) is 92.7 Å². The normalized spacial score (nSPS) is 14.6. The molecule has 2 aromatic heterocycles. The van der Waals surface area contributed by atoms with E-state index < -0.39 is 4.92 Å². The number of hydrogen-bond acceptors (Lipinski definition) is 6. The molecular formula is C18H16N4O4. The number of carbonyl (C=O) groups is 1. The maximum absolute atomic E-state index is 12.4. The van der Waals surface area contributed by atoms with Gasteiger partial charge in [-0.05, 0) is 30.3 Å². The van der Waals surface area contributed by atoms with Crippen molar-refractivity contribution in [1.29, 1.82) is 0 Å². The highest BCUT2D eigenvalue weighted by Gasteiger charge is 2.25. The van der Waals surface area contributed by atoms with Crippen molar-refractivity contribution in [2.45, 2.75) is 0 Å². The second kappa shape index (κ2) is 6.47. The lowest BCUT2D eigenvalue weighted by molar-refractivity contribution is -0.383. The molecule has 0 spiro atoms. The quantitative estimate of drug-likeness (QED) is 0.531. The summed E-state index contributed by atoms with van der Waals surface area (Å²) < 4.78 is 5.18. The third-order valence-electron chi connectivity index (χ3n) is 4.56. The Labute approximate surface area is 148 Å². The molecule has 1 fully saturated rings. The molecule has 0 unspecified atom stereocenters. The summed E-state index contributed by atoms with van der Waals surface area (Å²) in [6, 6.07) is 10.2. The van der Waals surface area contributed by atoms with E-state index in [1.807, 2.05) is 6.07 Å². The number of nitro groups is 1. The van der Waals surface area contributed by atoms with Crippen LogP contribution in [0, 0.1) is 10.1 Å². The first-order valence-corrected chi connectivity index (χ1v) is 8.25. The van der Waals surface area contributed by atoms with Gasteiger partial charge in [-0.25, -0.2) is 4.98 Å². The second-order valence-electron chi connectivity index (χ2n) is 6.02. The molecule has 0 bridgehead atoms. The van der Waals surface area contributed by atoms with Gasteiger partial charge in [0.25, 0.3) is 11.6 Å². The predicted octanol–water partition coefficient (Wildman–Crippen LogP) is 2.70. The van der Waals surface area contributed by atoms with Crippen LogP contribution in [0.1, 0.15) is 10.6 Å². The van der Waals surface area contributed by atoms with Gasteiger partial charge in [0.05, 0.1) is 11.2 Å². The van der Waals surface area contributed by atoms with Crippen molar-refractivity contribution in [1.82, 2.24) is 9.88 Å². The van der Waals surface area contributed by atoms with E-state index in [-0.39, 0.29) is 11.6 Å². The van der Waals surface area contributed by atoms with Gasteiger partial charge >= 0.3 is 0 Å². The number of rotatable bonds is 3. The highest BCUT2D eigenvalue weighted by molar-refractivity contribution is 5.97. The lowest BCUT2D eigenvalue weighted by Crippen LogP contribution is -2.48. The van der Waals surface area contributed by atoms with Crippen LogP contribution in [0.25, 0.3) is 10.9 Å². The first-order chi connectivity index (χ1) is 12.6. The second-order valence-corrected chi connectivity index (χ2v) is 6.02. The smallest absolute Gasteiger partial charge is 0.295 e. The van der Waals surface area contributed by atoms with E-state index in [4.69, 9.17) is 4.42 Å². The Bertz CT molecular complexity index is 962. The molecule has 1 aliphatic rings. The Hall–Kier alpha value is -3.42. The molecule has 1 amide bonds. The Kier molecular flexibility index (Phi) is 4.00. The minimum absolute atomic E-state index is 0.00372. The van der Waals surface area contributed by atoms with Crippen molar-refractivity contribution in [3.63, 3.8) is 0 Å². The van der Waals surface area contributed by atoms with E-state index >= 15 is 0 Å². The highest BCUT2D eigenvalue weighted by atomic mass is 16.6. The largest absolute Gasteiger partial charge is 0.459 e. The van der Waals surface area contributed by atoms with Gasteiger partial charge in [0.2, 0.25) is 0 Å². The molecule has 0 aliphatic carbocycles. The lowest BCUT2D eigenvalue weighted by Gasteiger charge is -2.36. The minimum atomic E-state index is -0.418. The monoisotopic (exact) mass is 352 g/mol. The number of benzene rings is 1. The average Bonchev–Trinajstić information content (AvgIpc) is 3.21. The molecule has 3 aromatic rings. The van der Waals surface area contributed by atoms with Gasteiger partial charge in [0.1, 0.15) is 5.52 Å². The van der Waals surface area contributed by atoms with Crippen LogP contribution in [0.3, 0.4) is 0 Å². The van der Waals surface area contributed by atoms with Crippen molar-refractivity contribution in [2.24, 2.45) is 0 Å². The van der Waals surface area contributed by atoms with Crippen LogP contribution in [-0.2, 0) is 0 Å². The Balaban J connectivity index is 1.58. The molecule has 3 heterocycles. The Morgan fingerprint density at radius 3 is 2.62 bits per heavy atom. The molecular weight excluding hydrogens is 336 g/mol. The summed E-state index contributed by atoms with van der Waals surface area (Å²) in [6.45, 7) is 2.37. The molecule has 1 aliphatic heterocycles. The first kappa shape index (κ1) is 16.1. The fourth-order valence-electron chi connectivity index (χ4n) is 3.27. The van der Waals surface area contributed by atoms with Gasteiger partial charge < -0.3 is 14.2 Å². The molecule has 0 N–H and O–H groups in total. The standard InChI is InChI=1S/C18H16N4O4/c23-18(16-4-2-12-26-16)21-10-8-20(9-11-21)14-5-6-15(22(24)25)17-13(14)3-1-7-19-17/h1-7,12H,8-11H2. The minimum Gasteiger partial charge on any atom is -0.459 e. The summed E-state index contributed by atoms with van der Waals surface area (Å²) in [5.41, 5.74) is 1.27. The van der Waals surface area contributed by atoms with Crippen molar-refractivity contribution in [3.05, 3.63) is 64.7 Å². The van der Waals surface area contributed by atoms with Crippen molar-refractivity contribution in [3.8, 4) is 0 Å². The SMILES string of the molecule is O=C(c1ccco1)N1CCN(c2ccc([N+](=O)[O-])c3ncccc23)CC1. The number of fused-ring (bicyclic) bond motifs is 1. The number of furan rings is 1. The third-order valence-corrected chi connectivity index (χ3v) is 4.56. The fourth-order valence-corrected chi connectivity index (χ4v) is 3.27. The number of nitrogens with zero attached hydrogens (tertiary/aromatic N) is 4. The molecule has 132 valence electrons. The number of non-ortho nitro benzene ring substituents is 1. The zero-order valence-electron chi connectivity index (χ0n) is 13.9. The predicted molar refractivity (Wildman–Crippen MR) is 95.2 cm³/mol. The molecule has 0 atom stereocenters. The zero-order chi connectivity index (χ0) is 18.1. The molecule has 0 radical (unpaired) electrons. The summed E-state index contributed by atoms with van der Waals surface area (Å²) in [6.07, 6.45) is 3.04. The number of anilines is 1. The van der Waals surface area contributed by atoms with Crippen LogP contribution in [0.2, 0.25) is 0 Å². The summed E-state index contributed by atoms with van der Waals surface area (Å²) in [5, 5.41) is 12.0. The lowest BCUT2D eigenvalue weighted by atomic mass is 10.1. The van der Waals surface area contributed by atoms with Crippen LogP contribution in [0.15, 0.2) is 53.3 Å². The van der Waals surface area contributed by atoms with Crippen LogP contribution in [-0.4, -0.2) is 46.9 Å². The van der Waals surface area contributed by atoms with Crippen LogP contribution in [0.5, 0.6) is 0 Å². The number of piperazine rings is 1. The van der Waals surface area contributed by atoms with Gasteiger partial charge in [-0.3, -0.25) is 14.9 Å². The summed E-state index contributed by atoms with van der Waals surface area (Å²) in [4.78, 5) is 31.2. The van der Waals surface area contributed by atoms with Gasteiger partial charge in [0, 0.05) is 49.5 Å². The third kappa shape index (κ3) is 2.75. The van der Waals surface area contributed by atoms with Gasteiger partial charge in [-0.2, -0.15) is 0 Å². The number of nitro benzene ring substituents is 1. The maximum Gasteiger partial charge on any atom is 0.295 e. The van der Waals surface area contributed by atoms with E-state index in [0.717, 1.165) is 11.1 Å². The van der Waals surface area contributed by atoms with Gasteiger partial charge in [-0.15, -0.1) is 0 Å². The van der Waals surface area contributed by atoms with Crippen LogP contribution < -0.4 is 4.90 Å². The summed E-state index contributed by atoms with van der Waals surface area (Å²) >= 11 is 0. The van der Waals surface area contributed by atoms with Gasteiger partial charge in [0.15, 0.2) is 5.76 Å². The fraction of sp³-hybridized carbons (Fsp3) is 0.222. The number of aromatic nitrogens is 1. The maximum atomic E-state index is 12.4. The molecule has 1 saturated heterocycles. The van der Waals surface area contributed by atoms with Crippen molar-refractivity contribution in [2.75, 3.05) is 31.1 Å². The molecule has 4 rings (SSSR count). The summed E-state index contributed by atoms with van der Waals surface area (Å²) in [7, 11) is 0. The summed E-state index contributed by atoms with van der Waals surface area (Å²) in [5.74, 6) is 0.216. The number of pyridine rings is 1. The Morgan fingerprint density at radius 1 is 1.12 bits per heavy atom. The van der Waals surface area contributed by atoms with E-state index in [0.29, 0.717) is 37.5 Å². The van der Waals surface area contributed by atoms with Crippen LogP contribution in [0.4, 0.5) is 11.4 Å². The number of hydrogen-bond donors (Lipinski definition) is 0. The molecule has 8 nitrogen and oxygen atoms in total. The van der Waals surface area contributed by atoms with Gasteiger partial charge in [-0.1, -0.05) is 0 Å². The zero-order valence-corrected chi connectivity index (χ0v) is 13.9. The van der Waals surface area contributed by atoms with Crippen molar-refractivity contribution < 1.29 is 14.1 Å². The van der Waals surface area contributed by atoms with Crippen LogP contribution >= 0.6 is 0 Å². The van der Waals surface area contributed by atoms with E-state index in [1.54, 1.807) is 35.4 Å². The van der Waals surface area contributed by atoms with E-state index in [1.165, 1.54) is 12.3 Å². The van der Waals surface area contributed by atoms with E-state index in [2.05, 4.69) is 9.88 Å². The molecule has 26 heavy (non-hydrogen) atoms. The number of carbonyl (C=O) groups excluding carboxylic acids is 1. The average molecular weight is 352 g/mol. The molecule has 0 saturated carbocycles. The number of amides is 1. The highest BCUT2D eigenvalue weighted by Crippen LogP contribution is 2.32. The Morgan fingerprint density at radius 2 is 1.92 bits per heavy atom. The van der Waals surface area contributed by atoms with E-state index in [9.17, 15) is 14.9 Å². The molecule has 8 heteroatoms. The van der Waals surface area contributed by atoms with Crippen molar-refractivity contribution >= 4 is 28.2 Å².